The van der Waals surface area contributed by atoms with Crippen molar-refractivity contribution in [2.45, 2.75) is 32.7 Å². The average Bonchev–Trinajstić information content (AvgIpc) is 3.53. The van der Waals surface area contributed by atoms with Crippen LogP contribution in [-0.2, 0) is 13.0 Å². The Hall–Kier alpha value is -4.11. The van der Waals surface area contributed by atoms with Crippen LogP contribution in [0.25, 0.3) is 28.2 Å². The predicted molar refractivity (Wildman–Crippen MR) is 136 cm³/mol. The second-order valence-corrected chi connectivity index (χ2v) is 8.77. The largest absolute Gasteiger partial charge is 0.333 e. The number of rotatable bonds is 8. The summed E-state index contributed by atoms with van der Waals surface area (Å²) in [5.74, 6) is 0.0156. The number of imidazole rings is 1. The number of unbranched alkanes of at least 4 members (excludes halogenated alkanes) is 1. The van der Waals surface area contributed by atoms with Crippen molar-refractivity contribution in [3.8, 4) is 28.2 Å². The van der Waals surface area contributed by atoms with Gasteiger partial charge in [0.05, 0.1) is 17.3 Å². The number of halogens is 2. The molecule has 0 spiro atoms. The summed E-state index contributed by atoms with van der Waals surface area (Å²) in [6.07, 6.45) is 5.99. The number of aromatic amines is 1. The van der Waals surface area contributed by atoms with Crippen LogP contribution in [0.5, 0.6) is 0 Å². The van der Waals surface area contributed by atoms with Crippen molar-refractivity contribution in [2.75, 3.05) is 0 Å². The van der Waals surface area contributed by atoms with Gasteiger partial charge in [0.15, 0.2) is 5.82 Å². The number of aromatic nitrogens is 7. The van der Waals surface area contributed by atoms with Crippen molar-refractivity contribution in [2.24, 2.45) is 0 Å². The zero-order valence-corrected chi connectivity index (χ0v) is 20.3. The maximum Gasteiger partial charge on any atom is 0.333 e. The van der Waals surface area contributed by atoms with Gasteiger partial charge in [0.2, 0.25) is 0 Å². The van der Waals surface area contributed by atoms with Crippen LogP contribution in [0.2, 0.25) is 5.02 Å². The summed E-state index contributed by atoms with van der Waals surface area (Å²) in [6, 6.07) is 16.0. The number of pyridine rings is 1. The SMILES string of the molecule is CCCCc1cn(-c2c(F)cccc2Cl)c(=O)n1Cc1ccc(-c2ccccc2-c2nnn[nH]2)cn1. The molecule has 3 aromatic heterocycles. The number of benzene rings is 2. The molecule has 0 unspecified atom stereocenters. The fourth-order valence-corrected chi connectivity index (χ4v) is 4.44. The van der Waals surface area contributed by atoms with Crippen LogP contribution >= 0.6 is 11.6 Å². The number of nitrogens with zero attached hydrogens (tertiary/aromatic N) is 6. The van der Waals surface area contributed by atoms with Crippen molar-refractivity contribution in [1.29, 1.82) is 0 Å². The topological polar surface area (TPSA) is 94.3 Å². The van der Waals surface area contributed by atoms with Crippen LogP contribution in [0.3, 0.4) is 0 Å². The Morgan fingerprint density at radius 2 is 1.89 bits per heavy atom. The second-order valence-electron chi connectivity index (χ2n) is 8.37. The van der Waals surface area contributed by atoms with E-state index >= 15 is 0 Å². The molecule has 5 aromatic rings. The molecule has 10 heteroatoms. The highest BCUT2D eigenvalue weighted by molar-refractivity contribution is 6.32. The van der Waals surface area contributed by atoms with Gasteiger partial charge in [-0.1, -0.05) is 61.3 Å². The lowest BCUT2D eigenvalue weighted by Gasteiger charge is -2.09. The van der Waals surface area contributed by atoms with E-state index in [9.17, 15) is 9.18 Å². The monoisotopic (exact) mass is 503 g/mol. The number of tetrazole rings is 1. The van der Waals surface area contributed by atoms with E-state index in [0.717, 1.165) is 35.2 Å². The smallest absolute Gasteiger partial charge is 0.290 e. The molecule has 5 rings (SSSR count). The van der Waals surface area contributed by atoms with E-state index in [-0.39, 0.29) is 22.9 Å². The van der Waals surface area contributed by atoms with Crippen molar-refractivity contribution < 1.29 is 4.39 Å². The first-order chi connectivity index (χ1) is 17.6. The molecule has 0 aliphatic carbocycles. The van der Waals surface area contributed by atoms with Gasteiger partial charge < -0.3 is 0 Å². The van der Waals surface area contributed by atoms with Gasteiger partial charge in [0, 0.05) is 29.2 Å². The first kappa shape index (κ1) is 23.6. The molecule has 3 heterocycles. The van der Waals surface area contributed by atoms with E-state index in [1.54, 1.807) is 23.0 Å². The van der Waals surface area contributed by atoms with Crippen LogP contribution in [0, 0.1) is 5.82 Å². The number of nitrogens with one attached hydrogen (secondary N) is 1. The van der Waals surface area contributed by atoms with E-state index in [0.29, 0.717) is 17.9 Å². The molecule has 0 bridgehead atoms. The van der Waals surface area contributed by atoms with Crippen LogP contribution < -0.4 is 5.69 Å². The van der Waals surface area contributed by atoms with Gasteiger partial charge in [-0.25, -0.2) is 14.3 Å². The number of H-pyrrole nitrogens is 1. The highest BCUT2D eigenvalue weighted by atomic mass is 35.5. The summed E-state index contributed by atoms with van der Waals surface area (Å²) >= 11 is 6.25. The molecule has 2 aromatic carbocycles. The van der Waals surface area contributed by atoms with Gasteiger partial charge >= 0.3 is 5.69 Å². The maximum absolute atomic E-state index is 14.6. The highest BCUT2D eigenvalue weighted by Crippen LogP contribution is 2.29. The predicted octanol–water partition coefficient (Wildman–Crippen LogP) is 5.06. The first-order valence-corrected chi connectivity index (χ1v) is 12.0. The lowest BCUT2D eigenvalue weighted by atomic mass is 10.0. The highest BCUT2D eigenvalue weighted by Gasteiger charge is 2.18. The second kappa shape index (κ2) is 10.2. The molecule has 0 radical (unpaired) electrons. The molecule has 0 saturated heterocycles. The molecule has 0 amide bonds. The molecular weight excluding hydrogens is 481 g/mol. The van der Waals surface area contributed by atoms with Gasteiger partial charge in [0.25, 0.3) is 0 Å². The summed E-state index contributed by atoms with van der Waals surface area (Å²) < 4.78 is 17.5. The minimum atomic E-state index is -0.549. The molecule has 0 saturated carbocycles. The summed E-state index contributed by atoms with van der Waals surface area (Å²) in [5, 5.41) is 14.3. The minimum Gasteiger partial charge on any atom is -0.290 e. The summed E-state index contributed by atoms with van der Waals surface area (Å²) in [7, 11) is 0. The minimum absolute atomic E-state index is 0.0579. The number of hydrogen-bond donors (Lipinski definition) is 1. The molecule has 8 nitrogen and oxygen atoms in total. The molecule has 1 N–H and O–H groups in total. The third kappa shape index (κ3) is 4.57. The standard InChI is InChI=1S/C26H23ClFN7O/c1-2-3-7-19-16-35(24-22(27)10-6-11-23(24)28)26(36)34(19)15-18-13-12-17(14-29-18)20-8-4-5-9-21(20)25-30-32-33-31-25/h4-6,8-14,16H,2-3,7,15H2,1H3,(H,30,31,32,33). The zero-order chi connectivity index (χ0) is 25.1. The van der Waals surface area contributed by atoms with Crippen LogP contribution in [0.15, 0.2) is 71.8 Å². The summed E-state index contributed by atoms with van der Waals surface area (Å²) in [5.41, 5.74) is 3.87. The normalized spacial score (nSPS) is 11.2. The molecule has 36 heavy (non-hydrogen) atoms. The van der Waals surface area contributed by atoms with Crippen molar-refractivity contribution >= 4 is 11.6 Å². The molecule has 0 fully saturated rings. The number of para-hydroxylation sites is 1. The Morgan fingerprint density at radius 3 is 2.58 bits per heavy atom. The van der Waals surface area contributed by atoms with E-state index in [1.807, 2.05) is 36.4 Å². The third-order valence-electron chi connectivity index (χ3n) is 6.01. The summed E-state index contributed by atoms with van der Waals surface area (Å²) in [6.45, 7) is 2.34. The van der Waals surface area contributed by atoms with Crippen molar-refractivity contribution in [1.82, 2.24) is 34.7 Å². The van der Waals surface area contributed by atoms with E-state index in [1.165, 1.54) is 16.7 Å². The van der Waals surface area contributed by atoms with Crippen molar-refractivity contribution in [3.05, 3.63) is 99.7 Å². The first-order valence-electron chi connectivity index (χ1n) is 11.6. The third-order valence-corrected chi connectivity index (χ3v) is 6.32. The fourth-order valence-electron chi connectivity index (χ4n) is 4.19. The van der Waals surface area contributed by atoms with Crippen molar-refractivity contribution in [3.63, 3.8) is 0 Å². The van der Waals surface area contributed by atoms with Crippen LogP contribution in [0.1, 0.15) is 31.2 Å². The zero-order valence-electron chi connectivity index (χ0n) is 19.5. The molecule has 0 atom stereocenters. The van der Waals surface area contributed by atoms with Gasteiger partial charge in [-0.2, -0.15) is 0 Å². The molecule has 0 aliphatic rings. The Balaban J connectivity index is 1.49. The number of hydrogen-bond acceptors (Lipinski definition) is 5. The molecule has 0 aliphatic heterocycles. The Morgan fingerprint density at radius 1 is 1.06 bits per heavy atom. The van der Waals surface area contributed by atoms with Crippen LogP contribution in [-0.4, -0.2) is 34.7 Å². The molecular formula is C26H23ClFN7O. The number of aryl methyl sites for hydroxylation is 1. The van der Waals surface area contributed by atoms with Gasteiger partial charge in [-0.15, -0.1) is 5.10 Å². The van der Waals surface area contributed by atoms with E-state index in [4.69, 9.17) is 11.6 Å². The lowest BCUT2D eigenvalue weighted by molar-refractivity contribution is 0.612. The quantitative estimate of drug-likeness (QED) is 0.319. The lowest BCUT2D eigenvalue weighted by Crippen LogP contribution is -2.25. The Labute approximate surface area is 211 Å². The Kier molecular flexibility index (Phi) is 6.73. The van der Waals surface area contributed by atoms with Gasteiger partial charge in [0.1, 0.15) is 11.5 Å². The Bertz CT molecular complexity index is 1520. The average molecular weight is 504 g/mol. The van der Waals surface area contributed by atoms with E-state index < -0.39 is 5.82 Å². The fraction of sp³-hybridized carbons (Fsp3) is 0.192. The summed E-state index contributed by atoms with van der Waals surface area (Å²) in [4.78, 5) is 18.0. The molecule has 182 valence electrons. The van der Waals surface area contributed by atoms with Gasteiger partial charge in [-0.05, 0) is 47.0 Å². The maximum atomic E-state index is 14.6. The van der Waals surface area contributed by atoms with Crippen LogP contribution in [0.4, 0.5) is 4.39 Å². The van der Waals surface area contributed by atoms with Gasteiger partial charge in [-0.3, -0.25) is 14.1 Å². The van der Waals surface area contributed by atoms with E-state index in [2.05, 4.69) is 32.5 Å².